The highest BCUT2D eigenvalue weighted by atomic mass is 32.2. The van der Waals surface area contributed by atoms with Crippen LogP contribution in [0.4, 0.5) is 0 Å². The number of carbonyl (C=O) groups excluding carboxylic acids is 1. The van der Waals surface area contributed by atoms with E-state index in [0.29, 0.717) is 15.0 Å². The number of thioether (sulfide) groups is 1. The maximum absolute atomic E-state index is 12.6. The number of aliphatic carboxylic acids is 1. The molecule has 1 saturated carbocycles. The monoisotopic (exact) mass is 363 g/mol. The lowest BCUT2D eigenvalue weighted by Crippen LogP contribution is -2.36. The van der Waals surface area contributed by atoms with Crippen LogP contribution < -0.4 is 4.74 Å². The number of benzene rings is 1. The first-order chi connectivity index (χ1) is 11.5. The molecule has 1 saturated heterocycles. The van der Waals surface area contributed by atoms with Crippen LogP contribution >= 0.6 is 24.0 Å². The van der Waals surface area contributed by atoms with Gasteiger partial charge in [0.1, 0.15) is 10.1 Å². The van der Waals surface area contributed by atoms with E-state index in [2.05, 4.69) is 0 Å². The third-order valence-electron chi connectivity index (χ3n) is 4.03. The Labute approximate surface area is 149 Å². The molecule has 7 heteroatoms. The lowest BCUT2D eigenvalue weighted by atomic mass is 10.2. The summed E-state index contributed by atoms with van der Waals surface area (Å²) < 4.78 is 5.79. The van der Waals surface area contributed by atoms with Gasteiger partial charge in [0.15, 0.2) is 6.61 Å². The third-order valence-corrected chi connectivity index (χ3v) is 5.36. The molecule has 1 heterocycles. The molecule has 5 nitrogen and oxygen atoms in total. The molecular weight excluding hydrogens is 346 g/mol. The Morgan fingerprint density at radius 2 is 2.17 bits per heavy atom. The van der Waals surface area contributed by atoms with Crippen LogP contribution in [0.3, 0.4) is 0 Å². The van der Waals surface area contributed by atoms with Gasteiger partial charge >= 0.3 is 5.97 Å². The number of amides is 1. The topological polar surface area (TPSA) is 66.8 Å². The number of carboxylic acids is 1. The predicted molar refractivity (Wildman–Crippen MR) is 96.8 cm³/mol. The fraction of sp³-hybridized carbons (Fsp3) is 0.353. The van der Waals surface area contributed by atoms with Gasteiger partial charge in [-0.2, -0.15) is 0 Å². The molecule has 0 unspecified atom stereocenters. The minimum atomic E-state index is -1.03. The van der Waals surface area contributed by atoms with Crippen LogP contribution in [0, 0.1) is 0 Å². The van der Waals surface area contributed by atoms with Crippen LogP contribution in [0.5, 0.6) is 5.75 Å². The van der Waals surface area contributed by atoms with E-state index < -0.39 is 12.6 Å². The smallest absolute Gasteiger partial charge is 0.341 e. The van der Waals surface area contributed by atoms with E-state index in [9.17, 15) is 9.59 Å². The number of thiocarbonyl (C=S) groups is 1. The van der Waals surface area contributed by atoms with Crippen molar-refractivity contribution in [3.63, 3.8) is 0 Å². The van der Waals surface area contributed by atoms with Crippen molar-refractivity contribution in [2.24, 2.45) is 0 Å². The Balaban J connectivity index is 1.76. The number of nitrogens with zero attached hydrogens (tertiary/aromatic N) is 1. The van der Waals surface area contributed by atoms with Gasteiger partial charge < -0.3 is 9.84 Å². The fourth-order valence-electron chi connectivity index (χ4n) is 2.95. The molecule has 1 amide bonds. The van der Waals surface area contributed by atoms with Crippen LogP contribution in [0.25, 0.3) is 6.08 Å². The van der Waals surface area contributed by atoms with Crippen LogP contribution in [-0.4, -0.2) is 38.9 Å². The van der Waals surface area contributed by atoms with Crippen LogP contribution in [-0.2, 0) is 9.59 Å². The summed E-state index contributed by atoms with van der Waals surface area (Å²) in [6.07, 6.45) is 6.09. The van der Waals surface area contributed by atoms with E-state index in [1.54, 1.807) is 29.2 Å². The predicted octanol–water partition coefficient (Wildman–Crippen LogP) is 3.29. The zero-order valence-corrected chi connectivity index (χ0v) is 14.6. The van der Waals surface area contributed by atoms with Crippen molar-refractivity contribution in [3.8, 4) is 5.75 Å². The Morgan fingerprint density at radius 1 is 1.42 bits per heavy atom. The number of rotatable bonds is 5. The largest absolute Gasteiger partial charge is 0.482 e. The van der Waals surface area contributed by atoms with Crippen LogP contribution in [0.2, 0.25) is 0 Å². The fourth-order valence-corrected chi connectivity index (χ4v) is 4.35. The molecule has 2 aliphatic rings. The number of hydrogen-bond acceptors (Lipinski definition) is 5. The Hall–Kier alpha value is -1.86. The highest BCUT2D eigenvalue weighted by molar-refractivity contribution is 8.26. The molecule has 0 spiro atoms. The molecule has 24 heavy (non-hydrogen) atoms. The first kappa shape index (κ1) is 17.0. The molecule has 2 fully saturated rings. The van der Waals surface area contributed by atoms with E-state index >= 15 is 0 Å². The highest BCUT2D eigenvalue weighted by Gasteiger charge is 2.37. The van der Waals surface area contributed by atoms with Crippen molar-refractivity contribution >= 4 is 46.3 Å². The lowest BCUT2D eigenvalue weighted by Gasteiger charge is -2.21. The molecule has 1 aliphatic carbocycles. The van der Waals surface area contributed by atoms with Gasteiger partial charge in [-0.3, -0.25) is 9.69 Å². The number of hydrogen-bond donors (Lipinski definition) is 1. The van der Waals surface area contributed by atoms with Gasteiger partial charge in [-0.25, -0.2) is 4.79 Å². The SMILES string of the molecule is O=C(O)COc1cccc(/C=C2/SC(=S)N(C3CCCC3)C2=O)c1. The standard InChI is InChI=1S/C17H17NO4S2/c19-15(20)10-22-13-7-3-4-11(8-13)9-14-16(21)18(17(23)24-14)12-5-1-2-6-12/h3-4,7-9,12H,1-2,5-6,10H2,(H,19,20)/b14-9+. The van der Waals surface area contributed by atoms with E-state index in [1.807, 2.05) is 6.07 Å². The Bertz CT molecular complexity index is 710. The van der Waals surface area contributed by atoms with E-state index in [4.69, 9.17) is 22.1 Å². The summed E-state index contributed by atoms with van der Waals surface area (Å²) in [5.41, 5.74) is 0.782. The zero-order chi connectivity index (χ0) is 17.1. The van der Waals surface area contributed by atoms with Gasteiger partial charge in [-0.05, 0) is 36.6 Å². The van der Waals surface area contributed by atoms with Crippen molar-refractivity contribution in [2.75, 3.05) is 6.61 Å². The van der Waals surface area contributed by atoms with E-state index in [-0.39, 0.29) is 11.9 Å². The molecule has 0 radical (unpaired) electrons. The normalized spacial score (nSPS) is 20.2. The van der Waals surface area contributed by atoms with Crippen LogP contribution in [0.15, 0.2) is 29.2 Å². The molecule has 1 aliphatic heterocycles. The summed E-state index contributed by atoms with van der Waals surface area (Å²) in [6, 6.07) is 7.24. The number of carbonyl (C=O) groups is 2. The molecule has 0 aromatic heterocycles. The van der Waals surface area contributed by atoms with Crippen LogP contribution in [0.1, 0.15) is 31.2 Å². The summed E-state index contributed by atoms with van der Waals surface area (Å²) in [6.45, 7) is -0.396. The molecule has 126 valence electrons. The summed E-state index contributed by atoms with van der Waals surface area (Å²) in [4.78, 5) is 25.6. The van der Waals surface area contributed by atoms with Crippen molar-refractivity contribution in [1.82, 2.24) is 4.90 Å². The van der Waals surface area contributed by atoms with Gasteiger partial charge in [-0.1, -0.05) is 49.0 Å². The van der Waals surface area contributed by atoms with Gasteiger partial charge in [0.2, 0.25) is 0 Å². The second-order valence-electron chi connectivity index (χ2n) is 5.74. The number of ether oxygens (including phenoxy) is 1. The van der Waals surface area contributed by atoms with Gasteiger partial charge in [0.05, 0.1) is 4.91 Å². The molecule has 1 N–H and O–H groups in total. The van der Waals surface area contributed by atoms with Gasteiger partial charge in [-0.15, -0.1) is 0 Å². The molecule has 0 bridgehead atoms. The van der Waals surface area contributed by atoms with Crippen molar-refractivity contribution in [3.05, 3.63) is 34.7 Å². The Morgan fingerprint density at radius 3 is 2.88 bits per heavy atom. The second-order valence-corrected chi connectivity index (χ2v) is 7.42. The maximum Gasteiger partial charge on any atom is 0.341 e. The van der Waals surface area contributed by atoms with E-state index in [0.717, 1.165) is 31.2 Å². The molecule has 3 rings (SSSR count). The molecular formula is C17H17NO4S2. The molecule has 1 aromatic carbocycles. The summed E-state index contributed by atoms with van der Waals surface area (Å²) in [5.74, 6) is -0.607. The summed E-state index contributed by atoms with van der Waals surface area (Å²) in [7, 11) is 0. The first-order valence-corrected chi connectivity index (χ1v) is 8.99. The third kappa shape index (κ3) is 3.79. The van der Waals surface area contributed by atoms with E-state index in [1.165, 1.54) is 11.8 Å². The average molecular weight is 363 g/mol. The minimum absolute atomic E-state index is 0.0336. The lowest BCUT2D eigenvalue weighted by molar-refractivity contribution is -0.139. The minimum Gasteiger partial charge on any atom is -0.482 e. The number of carboxylic acid groups (broad SMARTS) is 1. The Kier molecular flexibility index (Phi) is 5.20. The highest BCUT2D eigenvalue weighted by Crippen LogP contribution is 2.37. The van der Waals surface area contributed by atoms with Gasteiger partial charge in [0, 0.05) is 6.04 Å². The summed E-state index contributed by atoms with van der Waals surface area (Å²) >= 11 is 6.70. The van der Waals surface area contributed by atoms with Crippen molar-refractivity contribution in [1.29, 1.82) is 0 Å². The van der Waals surface area contributed by atoms with Gasteiger partial charge in [0.25, 0.3) is 5.91 Å². The summed E-state index contributed by atoms with van der Waals surface area (Å²) in [5, 5.41) is 8.67. The van der Waals surface area contributed by atoms with Crippen molar-refractivity contribution < 1.29 is 19.4 Å². The first-order valence-electron chi connectivity index (χ1n) is 7.76. The quantitative estimate of drug-likeness (QED) is 0.640. The zero-order valence-electron chi connectivity index (χ0n) is 12.9. The maximum atomic E-state index is 12.6. The second kappa shape index (κ2) is 7.36. The van der Waals surface area contributed by atoms with Crippen molar-refractivity contribution in [2.45, 2.75) is 31.7 Å². The molecule has 0 atom stereocenters. The molecule has 1 aromatic rings. The average Bonchev–Trinajstić information content (AvgIpc) is 3.15.